The Kier molecular flexibility index (Phi) is 6.36. The van der Waals surface area contributed by atoms with Crippen LogP contribution >= 0.6 is 0 Å². The van der Waals surface area contributed by atoms with E-state index in [4.69, 9.17) is 14.2 Å². The molecule has 0 amide bonds. The van der Waals surface area contributed by atoms with Crippen molar-refractivity contribution >= 4 is 0 Å². The Bertz CT molecular complexity index is 706. The maximum absolute atomic E-state index is 5.52. The van der Waals surface area contributed by atoms with Crippen LogP contribution in [0.2, 0.25) is 0 Å². The summed E-state index contributed by atoms with van der Waals surface area (Å²) in [6, 6.07) is 15.0. The van der Waals surface area contributed by atoms with Gasteiger partial charge in [-0.1, -0.05) is 30.3 Å². The number of nitrogens with zero attached hydrogens (tertiary/aromatic N) is 1. The molecule has 0 aliphatic carbocycles. The Hall–Kier alpha value is -2.24. The molecule has 0 spiro atoms. The Morgan fingerprint density at radius 2 is 1.65 bits per heavy atom. The smallest absolute Gasteiger partial charge is 0.164 e. The van der Waals surface area contributed by atoms with Crippen LogP contribution in [0.15, 0.2) is 42.5 Å². The van der Waals surface area contributed by atoms with Crippen LogP contribution in [0.5, 0.6) is 17.2 Å². The van der Waals surface area contributed by atoms with Gasteiger partial charge in [0, 0.05) is 43.9 Å². The summed E-state index contributed by atoms with van der Waals surface area (Å²) in [5.41, 5.74) is 2.45. The molecule has 1 N–H and O–H groups in total. The zero-order valence-corrected chi connectivity index (χ0v) is 15.8. The zero-order chi connectivity index (χ0) is 18.4. The fourth-order valence-corrected chi connectivity index (χ4v) is 3.47. The first-order valence-corrected chi connectivity index (χ1v) is 9.02. The molecule has 1 fully saturated rings. The molecule has 0 radical (unpaired) electrons. The summed E-state index contributed by atoms with van der Waals surface area (Å²) in [6.07, 6.45) is 1.16. The second kappa shape index (κ2) is 8.92. The predicted molar refractivity (Wildman–Crippen MR) is 103 cm³/mol. The molecule has 26 heavy (non-hydrogen) atoms. The van der Waals surface area contributed by atoms with Crippen LogP contribution in [0.4, 0.5) is 0 Å². The molecule has 5 heteroatoms. The minimum absolute atomic E-state index is 0.483. The van der Waals surface area contributed by atoms with Gasteiger partial charge in [-0.05, 0) is 18.1 Å². The van der Waals surface area contributed by atoms with Gasteiger partial charge >= 0.3 is 0 Å². The number of hydrogen-bond acceptors (Lipinski definition) is 5. The molecule has 1 saturated heterocycles. The Morgan fingerprint density at radius 3 is 2.35 bits per heavy atom. The van der Waals surface area contributed by atoms with Crippen LogP contribution in [0.25, 0.3) is 0 Å². The van der Waals surface area contributed by atoms with Crippen LogP contribution in [-0.2, 0) is 13.1 Å². The Labute approximate surface area is 155 Å². The van der Waals surface area contributed by atoms with Gasteiger partial charge in [0.25, 0.3) is 0 Å². The van der Waals surface area contributed by atoms with E-state index in [9.17, 15) is 0 Å². The van der Waals surface area contributed by atoms with Crippen molar-refractivity contribution < 1.29 is 14.2 Å². The number of ether oxygens (including phenoxy) is 3. The molecule has 3 rings (SSSR count). The van der Waals surface area contributed by atoms with Crippen LogP contribution in [0, 0.1) is 0 Å². The lowest BCUT2D eigenvalue weighted by atomic mass is 10.1. The second-order valence-corrected chi connectivity index (χ2v) is 6.61. The molecule has 0 saturated carbocycles. The molecule has 5 nitrogen and oxygen atoms in total. The molecule has 1 aliphatic rings. The van der Waals surface area contributed by atoms with Crippen LogP contribution < -0.4 is 19.5 Å². The number of hydrogen-bond donors (Lipinski definition) is 1. The molecule has 1 heterocycles. The van der Waals surface area contributed by atoms with Gasteiger partial charge in [-0.15, -0.1) is 0 Å². The third-order valence-electron chi connectivity index (χ3n) is 4.89. The normalized spacial score (nSPS) is 17.3. The second-order valence-electron chi connectivity index (χ2n) is 6.61. The van der Waals surface area contributed by atoms with E-state index in [1.54, 1.807) is 21.3 Å². The van der Waals surface area contributed by atoms with Crippen molar-refractivity contribution in [2.75, 3.05) is 34.4 Å². The first-order valence-electron chi connectivity index (χ1n) is 9.02. The van der Waals surface area contributed by atoms with E-state index in [2.05, 4.69) is 40.5 Å². The number of nitrogens with one attached hydrogen (secondary N) is 1. The third kappa shape index (κ3) is 4.48. The number of rotatable bonds is 8. The van der Waals surface area contributed by atoms with Crippen molar-refractivity contribution in [3.05, 3.63) is 53.6 Å². The predicted octanol–water partition coefficient (Wildman–Crippen LogP) is 3.08. The van der Waals surface area contributed by atoms with Crippen LogP contribution in [0.1, 0.15) is 17.5 Å². The summed E-state index contributed by atoms with van der Waals surface area (Å²) in [7, 11) is 4.97. The van der Waals surface area contributed by atoms with E-state index in [-0.39, 0.29) is 0 Å². The van der Waals surface area contributed by atoms with Crippen molar-refractivity contribution in [2.24, 2.45) is 0 Å². The molecule has 0 aromatic heterocycles. The van der Waals surface area contributed by atoms with Gasteiger partial charge in [-0.25, -0.2) is 0 Å². The number of benzene rings is 2. The summed E-state index contributed by atoms with van der Waals surface area (Å²) in [6.45, 7) is 3.94. The molecule has 0 bridgehead atoms. The molecule has 140 valence electrons. The van der Waals surface area contributed by atoms with E-state index in [1.165, 1.54) is 5.56 Å². The highest BCUT2D eigenvalue weighted by molar-refractivity contribution is 5.50. The van der Waals surface area contributed by atoms with Gasteiger partial charge in [0.2, 0.25) is 0 Å². The van der Waals surface area contributed by atoms with Crippen molar-refractivity contribution in [3.63, 3.8) is 0 Å². The molecule has 2 aromatic rings. The monoisotopic (exact) mass is 356 g/mol. The Balaban J connectivity index is 1.57. The van der Waals surface area contributed by atoms with Gasteiger partial charge in [-0.3, -0.25) is 4.90 Å². The van der Waals surface area contributed by atoms with Crippen LogP contribution in [0.3, 0.4) is 0 Å². The lowest BCUT2D eigenvalue weighted by Gasteiger charge is -2.18. The summed E-state index contributed by atoms with van der Waals surface area (Å²) < 4.78 is 16.3. The first kappa shape index (κ1) is 18.5. The Morgan fingerprint density at radius 1 is 0.962 bits per heavy atom. The van der Waals surface area contributed by atoms with Gasteiger partial charge in [0.1, 0.15) is 5.75 Å². The van der Waals surface area contributed by atoms with E-state index in [0.29, 0.717) is 11.8 Å². The number of likely N-dealkylation sites (tertiary alicyclic amines) is 1. The minimum atomic E-state index is 0.483. The molecule has 0 unspecified atom stereocenters. The van der Waals surface area contributed by atoms with E-state index in [0.717, 1.165) is 49.7 Å². The highest BCUT2D eigenvalue weighted by Crippen LogP contribution is 2.34. The maximum Gasteiger partial charge on any atom is 0.164 e. The standard InChI is InChI=1S/C21H28N2O3/c1-24-19-12-21(26-3)20(25-2)11-17(19)13-22-18-9-10-23(15-18)14-16-7-5-4-6-8-16/h4-8,11-12,18,22H,9-10,13-15H2,1-3H3/t18-/m1/s1. The summed E-state index contributed by atoms with van der Waals surface area (Å²) >= 11 is 0. The fraction of sp³-hybridized carbons (Fsp3) is 0.429. The average Bonchev–Trinajstić information content (AvgIpc) is 3.13. The van der Waals surface area contributed by atoms with E-state index < -0.39 is 0 Å². The van der Waals surface area contributed by atoms with Gasteiger partial charge in [0.05, 0.1) is 21.3 Å². The largest absolute Gasteiger partial charge is 0.496 e. The van der Waals surface area contributed by atoms with Crippen molar-refractivity contribution in [1.29, 1.82) is 0 Å². The zero-order valence-electron chi connectivity index (χ0n) is 15.8. The topological polar surface area (TPSA) is 43.0 Å². The maximum atomic E-state index is 5.52. The number of methoxy groups -OCH3 is 3. The van der Waals surface area contributed by atoms with E-state index >= 15 is 0 Å². The lowest BCUT2D eigenvalue weighted by Crippen LogP contribution is -2.32. The highest BCUT2D eigenvalue weighted by atomic mass is 16.5. The molecule has 2 aromatic carbocycles. The van der Waals surface area contributed by atoms with E-state index in [1.807, 2.05) is 12.1 Å². The summed E-state index contributed by atoms with van der Waals surface area (Å²) in [5.74, 6) is 2.22. The molecular formula is C21H28N2O3. The van der Waals surface area contributed by atoms with Crippen molar-refractivity contribution in [3.8, 4) is 17.2 Å². The average molecular weight is 356 g/mol. The van der Waals surface area contributed by atoms with Crippen LogP contribution in [-0.4, -0.2) is 45.4 Å². The fourth-order valence-electron chi connectivity index (χ4n) is 3.47. The van der Waals surface area contributed by atoms with Gasteiger partial charge in [-0.2, -0.15) is 0 Å². The van der Waals surface area contributed by atoms with Gasteiger partial charge in [0.15, 0.2) is 11.5 Å². The molecular weight excluding hydrogens is 328 g/mol. The molecule has 1 aliphatic heterocycles. The summed E-state index contributed by atoms with van der Waals surface area (Å²) in [5, 5.41) is 3.66. The molecule has 1 atom stereocenters. The quantitative estimate of drug-likeness (QED) is 0.787. The van der Waals surface area contributed by atoms with Crippen molar-refractivity contribution in [1.82, 2.24) is 10.2 Å². The van der Waals surface area contributed by atoms with Crippen molar-refractivity contribution in [2.45, 2.75) is 25.6 Å². The SMILES string of the molecule is COc1cc(OC)c(OC)cc1CN[C@@H]1CCN(Cc2ccccc2)C1. The summed E-state index contributed by atoms with van der Waals surface area (Å²) in [4.78, 5) is 2.50. The first-order chi connectivity index (χ1) is 12.7. The minimum Gasteiger partial charge on any atom is -0.496 e. The third-order valence-corrected chi connectivity index (χ3v) is 4.89. The lowest BCUT2D eigenvalue weighted by molar-refractivity contribution is 0.319. The van der Waals surface area contributed by atoms with Gasteiger partial charge < -0.3 is 19.5 Å². The highest BCUT2D eigenvalue weighted by Gasteiger charge is 2.22.